The van der Waals surface area contributed by atoms with Crippen LogP contribution in [0.5, 0.6) is 0 Å². The quantitative estimate of drug-likeness (QED) is 0.329. The summed E-state index contributed by atoms with van der Waals surface area (Å²) in [4.78, 5) is 0. The number of nitrogens with zero attached hydrogens (tertiary/aromatic N) is 1. The molecule has 24 heavy (non-hydrogen) atoms. The van der Waals surface area contributed by atoms with Gasteiger partial charge in [0.25, 0.3) is 0 Å². The van der Waals surface area contributed by atoms with E-state index in [0.717, 1.165) is 37.0 Å². The summed E-state index contributed by atoms with van der Waals surface area (Å²) < 4.78 is 12.0. The number of unbranched alkanes of at least 4 members (excludes halogenated alkanes) is 1. The van der Waals surface area contributed by atoms with Gasteiger partial charge in [-0.3, -0.25) is 4.39 Å². The van der Waals surface area contributed by atoms with Crippen LogP contribution in [0.2, 0.25) is 0 Å². The average molecular weight is 334 g/mol. The van der Waals surface area contributed by atoms with Crippen LogP contribution in [0.3, 0.4) is 0 Å². The minimum atomic E-state index is -0.186. The van der Waals surface area contributed by atoms with Crippen molar-refractivity contribution in [2.75, 3.05) is 6.67 Å². The van der Waals surface area contributed by atoms with Crippen molar-refractivity contribution in [3.63, 3.8) is 0 Å². The number of halogens is 1. The largest absolute Gasteiger partial charge is 0.251 e. The fourth-order valence-corrected chi connectivity index (χ4v) is 4.62. The van der Waals surface area contributed by atoms with Gasteiger partial charge in [0.2, 0.25) is 0 Å². The van der Waals surface area contributed by atoms with E-state index >= 15 is 0 Å². The summed E-state index contributed by atoms with van der Waals surface area (Å²) in [6, 6.07) is 2.44. The lowest BCUT2D eigenvalue weighted by Crippen LogP contribution is -2.17. The Morgan fingerprint density at radius 1 is 0.750 bits per heavy atom. The first-order valence-electron chi connectivity index (χ1n) is 10.4. The zero-order valence-electron chi connectivity index (χ0n) is 15.4. The predicted octanol–water partition coefficient (Wildman–Crippen LogP) is 6.99. The molecule has 2 rings (SSSR count). The van der Waals surface area contributed by atoms with Crippen molar-refractivity contribution in [2.45, 2.75) is 89.9 Å². The van der Waals surface area contributed by atoms with E-state index in [2.05, 4.69) is 18.2 Å². The monoisotopic (exact) mass is 333 g/mol. The molecule has 2 saturated carbocycles. The lowest BCUT2D eigenvalue weighted by molar-refractivity contribution is 0.223. The van der Waals surface area contributed by atoms with E-state index in [9.17, 15) is 4.39 Å². The highest BCUT2D eigenvalue weighted by atomic mass is 19.1. The Kier molecular flexibility index (Phi) is 9.47. The zero-order valence-corrected chi connectivity index (χ0v) is 15.4. The van der Waals surface area contributed by atoms with Gasteiger partial charge in [0.1, 0.15) is 0 Å². The number of alkyl halides is 1. The number of hydrogen-bond donors (Lipinski definition) is 0. The normalized spacial score (nSPS) is 31.2. The van der Waals surface area contributed by atoms with Gasteiger partial charge in [-0.05, 0) is 69.1 Å². The fourth-order valence-electron chi connectivity index (χ4n) is 4.62. The third-order valence-corrected chi connectivity index (χ3v) is 6.39. The molecule has 2 fully saturated rings. The van der Waals surface area contributed by atoms with E-state index in [1.807, 2.05) is 0 Å². The second-order valence-electron chi connectivity index (χ2n) is 8.19. The number of rotatable bonds is 9. The Balaban J connectivity index is 1.50. The second kappa shape index (κ2) is 11.7. The molecule has 0 aromatic carbocycles. The van der Waals surface area contributed by atoms with Gasteiger partial charge in [-0.1, -0.05) is 50.7 Å². The molecule has 0 heterocycles. The molecule has 1 nitrogen and oxygen atoms in total. The summed E-state index contributed by atoms with van der Waals surface area (Å²) in [5, 5.41) is 8.98. The summed E-state index contributed by atoms with van der Waals surface area (Å²) in [6.45, 7) is -0.186. The molecule has 0 bridgehead atoms. The lowest BCUT2D eigenvalue weighted by atomic mass is 9.75. The van der Waals surface area contributed by atoms with Crippen LogP contribution in [0.1, 0.15) is 89.9 Å². The van der Waals surface area contributed by atoms with Crippen LogP contribution in [-0.4, -0.2) is 6.67 Å². The van der Waals surface area contributed by atoms with Crippen molar-refractivity contribution in [2.24, 2.45) is 23.7 Å². The first-order valence-corrected chi connectivity index (χ1v) is 10.4. The Morgan fingerprint density at radius 3 is 1.79 bits per heavy atom. The van der Waals surface area contributed by atoms with E-state index in [0.29, 0.717) is 12.3 Å². The van der Waals surface area contributed by atoms with E-state index < -0.39 is 0 Å². The Hall–Kier alpha value is -0.840. The fraction of sp³-hybridized carbons (Fsp3) is 0.864. The van der Waals surface area contributed by atoms with Crippen LogP contribution >= 0.6 is 0 Å². The molecule has 0 N–H and O–H groups in total. The van der Waals surface area contributed by atoms with Crippen molar-refractivity contribution in [1.29, 1.82) is 5.26 Å². The predicted molar refractivity (Wildman–Crippen MR) is 99.3 cm³/mol. The molecule has 0 amide bonds. The highest BCUT2D eigenvalue weighted by Gasteiger charge is 2.24. The highest BCUT2D eigenvalue weighted by molar-refractivity contribution is 4.87. The molecule has 0 saturated heterocycles. The third kappa shape index (κ3) is 7.37. The van der Waals surface area contributed by atoms with Gasteiger partial charge >= 0.3 is 0 Å². The Labute approximate surface area is 148 Å². The number of nitriles is 1. The molecule has 0 aromatic heterocycles. The van der Waals surface area contributed by atoms with Crippen LogP contribution in [-0.2, 0) is 0 Å². The van der Waals surface area contributed by atoms with E-state index in [1.54, 1.807) is 0 Å². The topological polar surface area (TPSA) is 23.8 Å². The van der Waals surface area contributed by atoms with Gasteiger partial charge in [-0.2, -0.15) is 5.26 Å². The average Bonchev–Trinajstić information content (AvgIpc) is 2.64. The van der Waals surface area contributed by atoms with Gasteiger partial charge in [0.05, 0.1) is 12.7 Å². The van der Waals surface area contributed by atoms with Gasteiger partial charge < -0.3 is 0 Å². The van der Waals surface area contributed by atoms with Crippen LogP contribution in [0.25, 0.3) is 0 Å². The summed E-state index contributed by atoms with van der Waals surface area (Å²) >= 11 is 0. The maximum absolute atomic E-state index is 12.0. The first kappa shape index (κ1) is 19.5. The van der Waals surface area contributed by atoms with Crippen molar-refractivity contribution < 1.29 is 4.39 Å². The summed E-state index contributed by atoms with van der Waals surface area (Å²) in [7, 11) is 0. The first-order chi connectivity index (χ1) is 11.8. The van der Waals surface area contributed by atoms with Crippen LogP contribution in [0.15, 0.2) is 12.2 Å². The van der Waals surface area contributed by atoms with Crippen molar-refractivity contribution >= 4 is 0 Å². The van der Waals surface area contributed by atoms with Crippen molar-refractivity contribution in [3.05, 3.63) is 12.2 Å². The molecule has 0 aromatic rings. The van der Waals surface area contributed by atoms with Gasteiger partial charge in [-0.25, -0.2) is 0 Å². The SMILES string of the molecule is N#C[C@H]1CC[C@H](CC[C@H]2CC[C@H](CCC=CCCCF)CC2)CC1. The highest BCUT2D eigenvalue weighted by Crippen LogP contribution is 2.37. The molecule has 136 valence electrons. The molecule has 0 atom stereocenters. The summed E-state index contributed by atoms with van der Waals surface area (Å²) in [5.74, 6) is 3.15. The van der Waals surface area contributed by atoms with Gasteiger partial charge in [-0.15, -0.1) is 0 Å². The molecule has 2 aliphatic rings. The van der Waals surface area contributed by atoms with Crippen LogP contribution < -0.4 is 0 Å². The summed E-state index contributed by atoms with van der Waals surface area (Å²) in [5.41, 5.74) is 0. The third-order valence-electron chi connectivity index (χ3n) is 6.39. The second-order valence-corrected chi connectivity index (χ2v) is 8.19. The lowest BCUT2D eigenvalue weighted by Gasteiger charge is -2.30. The molecular weight excluding hydrogens is 297 g/mol. The van der Waals surface area contributed by atoms with E-state index in [-0.39, 0.29) is 6.67 Å². The molecule has 2 aliphatic carbocycles. The summed E-state index contributed by atoms with van der Waals surface area (Å²) in [6.07, 6.45) is 21.9. The van der Waals surface area contributed by atoms with Crippen LogP contribution in [0.4, 0.5) is 4.39 Å². The number of allylic oxidation sites excluding steroid dienone is 2. The number of hydrogen-bond acceptors (Lipinski definition) is 1. The molecule has 0 radical (unpaired) electrons. The molecule has 0 aliphatic heterocycles. The van der Waals surface area contributed by atoms with Gasteiger partial charge in [0.15, 0.2) is 0 Å². The van der Waals surface area contributed by atoms with Crippen molar-refractivity contribution in [3.8, 4) is 6.07 Å². The maximum atomic E-state index is 12.0. The molecular formula is C22H36FN. The smallest absolute Gasteiger partial charge is 0.0897 e. The zero-order chi connectivity index (χ0) is 17.0. The minimum absolute atomic E-state index is 0.186. The minimum Gasteiger partial charge on any atom is -0.251 e. The van der Waals surface area contributed by atoms with E-state index in [1.165, 1.54) is 64.2 Å². The van der Waals surface area contributed by atoms with Gasteiger partial charge in [0, 0.05) is 5.92 Å². The maximum Gasteiger partial charge on any atom is 0.0897 e. The standard InChI is InChI=1S/C22H36FN/c23-17-5-3-1-2-4-6-19-7-9-20(10-8-19)11-12-21-13-15-22(18-24)16-14-21/h1-2,19-22H,3-17H2/t19-,20-,21-,22-. The van der Waals surface area contributed by atoms with E-state index in [4.69, 9.17) is 5.26 Å². The van der Waals surface area contributed by atoms with Crippen LogP contribution in [0, 0.1) is 35.0 Å². The Morgan fingerprint density at radius 2 is 1.25 bits per heavy atom. The molecule has 0 spiro atoms. The van der Waals surface area contributed by atoms with Crippen molar-refractivity contribution in [1.82, 2.24) is 0 Å². The molecule has 2 heteroatoms. The Bertz CT molecular complexity index is 381. The molecule has 0 unspecified atom stereocenters.